The van der Waals surface area contributed by atoms with Crippen LogP contribution < -0.4 is 4.74 Å². The Morgan fingerprint density at radius 2 is 1.30 bits per heavy atom. The van der Waals surface area contributed by atoms with Crippen molar-refractivity contribution in [3.63, 3.8) is 0 Å². The minimum atomic E-state index is -0.184. The van der Waals surface area contributed by atoms with Gasteiger partial charge in [-0.1, -0.05) is 12.1 Å². The van der Waals surface area contributed by atoms with Crippen molar-refractivity contribution in [3.8, 4) is 5.75 Å². The number of methoxy groups -OCH3 is 1. The second-order valence-corrected chi connectivity index (χ2v) is 14.1. The molecule has 8 fully saturated rings. The third-order valence-electron chi connectivity index (χ3n) is 12.3. The first-order chi connectivity index (χ1) is 16.1. The van der Waals surface area contributed by atoms with Crippen molar-refractivity contribution in [2.75, 3.05) is 7.11 Å². The van der Waals surface area contributed by atoms with Crippen LogP contribution in [-0.4, -0.2) is 7.11 Å². The summed E-state index contributed by atoms with van der Waals surface area (Å²) in [7, 11) is 1.87. The lowest BCUT2D eigenvalue weighted by Gasteiger charge is -2.63. The van der Waals surface area contributed by atoms with Gasteiger partial charge in [-0.15, -0.1) is 0 Å². The molecule has 1 aromatic rings. The Morgan fingerprint density at radius 3 is 1.85 bits per heavy atom. The second kappa shape index (κ2) is 5.92. The van der Waals surface area contributed by atoms with Gasteiger partial charge in [-0.3, -0.25) is 0 Å². The van der Waals surface area contributed by atoms with Crippen LogP contribution in [0.3, 0.4) is 0 Å². The van der Waals surface area contributed by atoms with Crippen molar-refractivity contribution in [3.05, 3.63) is 41.0 Å². The lowest BCUT2D eigenvalue weighted by atomic mass is 9.43. The Hall–Kier alpha value is -1.28. The minimum absolute atomic E-state index is 0.108. The highest BCUT2D eigenvalue weighted by atomic mass is 16.5. The highest BCUT2D eigenvalue weighted by molar-refractivity contribution is 5.61. The smallest absolute Gasteiger partial charge is 0.125 e. The van der Waals surface area contributed by atoms with Gasteiger partial charge < -0.3 is 9.47 Å². The lowest BCUT2D eigenvalue weighted by Crippen LogP contribution is -2.56. The summed E-state index contributed by atoms with van der Waals surface area (Å²) in [6.07, 6.45) is 22.6. The van der Waals surface area contributed by atoms with Crippen LogP contribution in [0.1, 0.15) is 99.8 Å². The van der Waals surface area contributed by atoms with Crippen molar-refractivity contribution in [2.45, 2.75) is 94.2 Å². The standard InChI is InChI=1S/C31H38O2/c1-32-25-3-2-24(29-12-18-6-19(13-29)8-20(7-18)14-29)28-27(25)26-4-5-31(28,33-26)30-15-21-9-22(16-30)11-23(10-21)17-30/h2-5,18-23,26H,6-17H2,1H3. The number of hydrogen-bond acceptors (Lipinski definition) is 2. The molecule has 2 heterocycles. The topological polar surface area (TPSA) is 18.5 Å². The molecule has 33 heavy (non-hydrogen) atoms. The SMILES string of the molecule is COc1ccc(C23CC4CC(CC(C4)C2)C3)c2c1C1C=CC2(C23CC4CC(CC(C4)C2)C3)O1. The van der Waals surface area contributed by atoms with Crippen LogP contribution in [0.15, 0.2) is 24.3 Å². The van der Waals surface area contributed by atoms with Crippen molar-refractivity contribution in [1.82, 2.24) is 0 Å². The van der Waals surface area contributed by atoms with E-state index in [-0.39, 0.29) is 11.7 Å². The molecule has 0 radical (unpaired) electrons. The van der Waals surface area contributed by atoms with Crippen molar-refractivity contribution in [2.24, 2.45) is 40.9 Å². The lowest BCUT2D eigenvalue weighted by molar-refractivity contribution is -0.180. The summed E-state index contributed by atoms with van der Waals surface area (Å²) in [6, 6.07) is 4.85. The first kappa shape index (κ1) is 19.0. The zero-order valence-electron chi connectivity index (χ0n) is 20.2. The summed E-state index contributed by atoms with van der Waals surface area (Å²) in [5.74, 6) is 6.83. The molecule has 0 aromatic heterocycles. The normalized spacial score (nSPS) is 53.8. The van der Waals surface area contributed by atoms with Crippen molar-refractivity contribution >= 4 is 0 Å². The zero-order chi connectivity index (χ0) is 21.6. The molecule has 0 N–H and O–H groups in total. The Balaban J connectivity index is 1.27. The van der Waals surface area contributed by atoms with E-state index in [1.54, 1.807) is 11.1 Å². The fraction of sp³-hybridized carbons (Fsp3) is 0.742. The summed E-state index contributed by atoms with van der Waals surface area (Å²) in [5, 5.41) is 0. The highest BCUT2D eigenvalue weighted by Crippen LogP contribution is 2.73. The van der Waals surface area contributed by atoms with Gasteiger partial charge in [0.2, 0.25) is 0 Å². The molecule has 174 valence electrons. The molecule has 2 heteroatoms. The largest absolute Gasteiger partial charge is 0.496 e. The van der Waals surface area contributed by atoms with Crippen LogP contribution in [0.5, 0.6) is 5.75 Å². The monoisotopic (exact) mass is 442 g/mol. The Bertz CT molecular complexity index is 1010. The molecule has 2 atom stereocenters. The van der Waals surface area contributed by atoms with E-state index >= 15 is 0 Å². The van der Waals surface area contributed by atoms with Gasteiger partial charge >= 0.3 is 0 Å². The molecule has 10 bridgehead atoms. The summed E-state index contributed by atoms with van der Waals surface area (Å²) >= 11 is 0. The maximum Gasteiger partial charge on any atom is 0.125 e. The fourth-order valence-corrected chi connectivity index (χ4v) is 12.3. The summed E-state index contributed by atoms with van der Waals surface area (Å²) in [5.41, 5.74) is 5.29. The molecule has 10 aliphatic rings. The van der Waals surface area contributed by atoms with E-state index in [4.69, 9.17) is 9.47 Å². The predicted molar refractivity (Wildman–Crippen MR) is 128 cm³/mol. The van der Waals surface area contributed by atoms with Crippen molar-refractivity contribution in [1.29, 1.82) is 0 Å². The van der Waals surface area contributed by atoms with E-state index in [1.807, 2.05) is 7.11 Å². The van der Waals surface area contributed by atoms with E-state index in [1.165, 1.54) is 82.6 Å². The third kappa shape index (κ3) is 2.18. The van der Waals surface area contributed by atoms with E-state index < -0.39 is 0 Å². The first-order valence-electron chi connectivity index (χ1n) is 14.2. The van der Waals surface area contributed by atoms with Gasteiger partial charge in [0.05, 0.1) is 7.11 Å². The maximum atomic E-state index is 7.27. The average molecular weight is 443 g/mol. The van der Waals surface area contributed by atoms with Crippen LogP contribution in [0.2, 0.25) is 0 Å². The van der Waals surface area contributed by atoms with Crippen LogP contribution in [0.4, 0.5) is 0 Å². The van der Waals surface area contributed by atoms with E-state index in [0.29, 0.717) is 10.8 Å². The number of fused-ring (bicyclic) bond motifs is 5. The number of benzene rings is 1. The van der Waals surface area contributed by atoms with Crippen LogP contribution in [-0.2, 0) is 15.8 Å². The molecule has 2 unspecified atom stereocenters. The number of rotatable bonds is 3. The molecule has 11 rings (SSSR count). The van der Waals surface area contributed by atoms with Crippen molar-refractivity contribution < 1.29 is 9.47 Å². The third-order valence-corrected chi connectivity index (χ3v) is 12.3. The van der Waals surface area contributed by atoms with Gasteiger partial charge in [0.1, 0.15) is 17.5 Å². The molecule has 0 amide bonds. The fourth-order valence-electron chi connectivity index (χ4n) is 12.3. The zero-order valence-corrected chi connectivity index (χ0v) is 20.2. The van der Waals surface area contributed by atoms with Crippen LogP contribution in [0, 0.1) is 40.9 Å². The van der Waals surface area contributed by atoms with E-state index in [9.17, 15) is 0 Å². The van der Waals surface area contributed by atoms with Crippen LogP contribution in [0.25, 0.3) is 0 Å². The number of hydrogen-bond donors (Lipinski definition) is 0. The van der Waals surface area contributed by atoms with Gasteiger partial charge in [-0.2, -0.15) is 0 Å². The first-order valence-corrected chi connectivity index (χ1v) is 14.2. The highest BCUT2D eigenvalue weighted by Gasteiger charge is 2.67. The molecule has 0 spiro atoms. The average Bonchev–Trinajstić information content (AvgIpc) is 3.37. The Kier molecular flexibility index (Phi) is 3.40. The summed E-state index contributed by atoms with van der Waals surface area (Å²) in [6.45, 7) is 0. The molecular weight excluding hydrogens is 404 g/mol. The molecule has 8 saturated carbocycles. The van der Waals surface area contributed by atoms with Gasteiger partial charge in [0.25, 0.3) is 0 Å². The molecule has 8 aliphatic carbocycles. The summed E-state index contributed by atoms with van der Waals surface area (Å²) in [4.78, 5) is 0. The number of ether oxygens (including phenoxy) is 2. The van der Waals surface area contributed by atoms with E-state index in [2.05, 4.69) is 24.3 Å². The minimum Gasteiger partial charge on any atom is -0.496 e. The molecule has 0 saturated heterocycles. The van der Waals surface area contributed by atoms with Gasteiger partial charge in [-0.25, -0.2) is 0 Å². The van der Waals surface area contributed by atoms with E-state index in [0.717, 1.165) is 41.3 Å². The van der Waals surface area contributed by atoms with Gasteiger partial charge in [0, 0.05) is 16.5 Å². The molecule has 2 nitrogen and oxygen atoms in total. The molecular formula is C31H38O2. The molecule has 2 aliphatic heterocycles. The van der Waals surface area contributed by atoms with Gasteiger partial charge in [0.15, 0.2) is 0 Å². The maximum absolute atomic E-state index is 7.27. The van der Waals surface area contributed by atoms with Gasteiger partial charge in [-0.05, 0) is 136 Å². The Labute approximate surface area is 198 Å². The quantitative estimate of drug-likeness (QED) is 0.460. The summed E-state index contributed by atoms with van der Waals surface area (Å²) < 4.78 is 13.3. The second-order valence-electron chi connectivity index (χ2n) is 14.1. The predicted octanol–water partition coefficient (Wildman–Crippen LogP) is 7.22. The Morgan fingerprint density at radius 1 is 0.758 bits per heavy atom. The van der Waals surface area contributed by atoms with Crippen LogP contribution >= 0.6 is 0 Å². The molecule has 1 aromatic carbocycles.